The second kappa shape index (κ2) is 7.04. The van der Waals surface area contributed by atoms with Gasteiger partial charge in [-0.3, -0.25) is 24.8 Å². The standard InChI is InChI=1S/C21H20ClN5O/c22-15-1-3-16(4-2-15)27-21(28)17-11-24-19-7-10-26(13-18(19)20(17)25-27)12-14-5-8-23-9-6-14/h1-6,8-9,11,18-19,25H,7,10,12-13H2. The lowest BCUT2D eigenvalue weighted by Gasteiger charge is -2.38. The van der Waals surface area contributed by atoms with Crippen LogP contribution in [0.1, 0.15) is 29.2 Å². The van der Waals surface area contributed by atoms with Crippen molar-refractivity contribution in [3.05, 3.63) is 81.0 Å². The Morgan fingerprint density at radius 2 is 1.93 bits per heavy atom. The summed E-state index contributed by atoms with van der Waals surface area (Å²) in [6, 6.07) is 11.6. The van der Waals surface area contributed by atoms with Crippen LogP contribution in [0.4, 0.5) is 0 Å². The van der Waals surface area contributed by atoms with Gasteiger partial charge in [-0.2, -0.15) is 0 Å². The van der Waals surface area contributed by atoms with Crippen molar-refractivity contribution < 1.29 is 0 Å². The van der Waals surface area contributed by atoms with E-state index in [2.05, 4.69) is 27.1 Å². The van der Waals surface area contributed by atoms with E-state index in [-0.39, 0.29) is 17.5 Å². The van der Waals surface area contributed by atoms with Crippen LogP contribution < -0.4 is 5.56 Å². The van der Waals surface area contributed by atoms with Gasteiger partial charge in [0, 0.05) is 49.2 Å². The van der Waals surface area contributed by atoms with Crippen LogP contribution in [0.25, 0.3) is 5.69 Å². The number of H-pyrrole nitrogens is 1. The van der Waals surface area contributed by atoms with Crippen LogP contribution in [-0.4, -0.2) is 45.0 Å². The molecule has 0 spiro atoms. The molecule has 1 saturated heterocycles. The van der Waals surface area contributed by atoms with Crippen LogP contribution in [0.2, 0.25) is 5.02 Å². The van der Waals surface area contributed by atoms with E-state index in [4.69, 9.17) is 16.6 Å². The molecule has 2 aliphatic heterocycles. The molecule has 1 N–H and O–H groups in total. The molecule has 4 heterocycles. The van der Waals surface area contributed by atoms with Crippen LogP contribution in [0, 0.1) is 0 Å². The molecular weight excluding hydrogens is 374 g/mol. The average Bonchev–Trinajstić information content (AvgIpc) is 3.06. The molecule has 0 aliphatic carbocycles. The highest BCUT2D eigenvalue weighted by molar-refractivity contribution is 6.30. The Morgan fingerprint density at radius 1 is 1.14 bits per heavy atom. The summed E-state index contributed by atoms with van der Waals surface area (Å²) in [7, 11) is 0. The normalized spacial score (nSPS) is 21.3. The van der Waals surface area contributed by atoms with Gasteiger partial charge >= 0.3 is 0 Å². The third-order valence-electron chi connectivity index (χ3n) is 5.62. The van der Waals surface area contributed by atoms with Crippen molar-refractivity contribution in [2.24, 2.45) is 4.99 Å². The van der Waals surface area contributed by atoms with Gasteiger partial charge in [0.2, 0.25) is 0 Å². The molecule has 0 amide bonds. The second-order valence-corrected chi connectivity index (χ2v) is 7.82. The number of benzene rings is 1. The van der Waals surface area contributed by atoms with E-state index >= 15 is 0 Å². The number of piperidine rings is 1. The number of fused-ring (bicyclic) bond motifs is 3. The van der Waals surface area contributed by atoms with Crippen LogP contribution >= 0.6 is 11.6 Å². The van der Waals surface area contributed by atoms with E-state index in [0.29, 0.717) is 10.6 Å². The number of aromatic nitrogens is 3. The predicted octanol–water partition coefficient (Wildman–Crippen LogP) is 3.00. The van der Waals surface area contributed by atoms with Crippen molar-refractivity contribution in [1.82, 2.24) is 19.7 Å². The first-order valence-electron chi connectivity index (χ1n) is 9.44. The fraction of sp³-hybridized carbons (Fsp3) is 0.286. The van der Waals surface area contributed by atoms with E-state index in [9.17, 15) is 4.79 Å². The summed E-state index contributed by atoms with van der Waals surface area (Å²) in [6.07, 6.45) is 6.39. The van der Waals surface area contributed by atoms with Crippen molar-refractivity contribution in [2.45, 2.75) is 24.9 Å². The number of pyridine rings is 1. The van der Waals surface area contributed by atoms with Gasteiger partial charge in [-0.05, 0) is 48.4 Å². The van der Waals surface area contributed by atoms with Gasteiger partial charge in [0.1, 0.15) is 0 Å². The summed E-state index contributed by atoms with van der Waals surface area (Å²) in [5, 5.41) is 4.00. The van der Waals surface area contributed by atoms with Crippen molar-refractivity contribution in [2.75, 3.05) is 13.1 Å². The van der Waals surface area contributed by atoms with E-state index < -0.39 is 0 Å². The minimum absolute atomic E-state index is 0.0641. The first kappa shape index (κ1) is 17.4. The Hall–Kier alpha value is -2.70. The highest BCUT2D eigenvalue weighted by Crippen LogP contribution is 2.33. The van der Waals surface area contributed by atoms with Gasteiger partial charge in [0.05, 0.1) is 23.0 Å². The summed E-state index contributed by atoms with van der Waals surface area (Å²) in [4.78, 5) is 24.2. The zero-order valence-corrected chi connectivity index (χ0v) is 16.0. The highest BCUT2D eigenvalue weighted by atomic mass is 35.5. The fourth-order valence-corrected chi connectivity index (χ4v) is 4.30. The molecule has 1 fully saturated rings. The number of aromatic amines is 1. The van der Waals surface area contributed by atoms with Gasteiger partial charge in [0.15, 0.2) is 0 Å². The minimum Gasteiger partial charge on any atom is -0.298 e. The number of aliphatic imine (C=N–C) groups is 1. The lowest BCUT2D eigenvalue weighted by atomic mass is 9.86. The number of rotatable bonds is 3. The molecule has 7 heteroatoms. The molecule has 142 valence electrons. The Bertz CT molecular complexity index is 1070. The SMILES string of the molecule is O=c1c2c([nH]n1-c1ccc(Cl)cc1)C1CN(Cc3ccncc3)CCC1N=C2. The molecule has 5 rings (SSSR count). The van der Waals surface area contributed by atoms with Gasteiger partial charge < -0.3 is 0 Å². The van der Waals surface area contributed by atoms with E-state index in [1.807, 2.05) is 24.5 Å². The monoisotopic (exact) mass is 393 g/mol. The number of halogens is 1. The molecule has 1 aromatic carbocycles. The number of hydrogen-bond donors (Lipinski definition) is 1. The van der Waals surface area contributed by atoms with Crippen molar-refractivity contribution in [1.29, 1.82) is 0 Å². The fourth-order valence-electron chi connectivity index (χ4n) is 4.18. The van der Waals surface area contributed by atoms with Gasteiger partial charge in [-0.25, -0.2) is 4.68 Å². The molecule has 3 aromatic rings. The molecule has 2 atom stereocenters. The van der Waals surface area contributed by atoms with Gasteiger partial charge in [-0.15, -0.1) is 0 Å². The lowest BCUT2D eigenvalue weighted by Crippen LogP contribution is -2.42. The zero-order valence-electron chi connectivity index (χ0n) is 15.3. The largest absolute Gasteiger partial charge is 0.298 e. The van der Waals surface area contributed by atoms with Crippen LogP contribution in [0.3, 0.4) is 0 Å². The number of hydrogen-bond acceptors (Lipinski definition) is 4. The first-order valence-corrected chi connectivity index (χ1v) is 9.82. The number of nitrogens with zero attached hydrogens (tertiary/aromatic N) is 4. The summed E-state index contributed by atoms with van der Waals surface area (Å²) in [5.41, 5.74) is 3.62. The molecule has 28 heavy (non-hydrogen) atoms. The third kappa shape index (κ3) is 3.08. The highest BCUT2D eigenvalue weighted by Gasteiger charge is 2.36. The minimum atomic E-state index is -0.0641. The summed E-state index contributed by atoms with van der Waals surface area (Å²) in [5.74, 6) is 0.192. The Kier molecular flexibility index (Phi) is 4.37. The maximum atomic E-state index is 12.9. The smallest absolute Gasteiger partial charge is 0.280 e. The third-order valence-corrected chi connectivity index (χ3v) is 5.87. The van der Waals surface area contributed by atoms with E-state index in [1.54, 1.807) is 23.0 Å². The average molecular weight is 394 g/mol. The predicted molar refractivity (Wildman–Crippen MR) is 110 cm³/mol. The summed E-state index contributed by atoms with van der Waals surface area (Å²) >= 11 is 5.99. The molecule has 2 aromatic heterocycles. The van der Waals surface area contributed by atoms with Gasteiger partial charge in [-0.1, -0.05) is 11.6 Å². The van der Waals surface area contributed by atoms with Crippen LogP contribution in [-0.2, 0) is 6.54 Å². The molecule has 6 nitrogen and oxygen atoms in total. The van der Waals surface area contributed by atoms with Crippen molar-refractivity contribution in [3.63, 3.8) is 0 Å². The van der Waals surface area contributed by atoms with E-state index in [0.717, 1.165) is 37.4 Å². The molecular formula is C21H20ClN5O. The molecule has 0 radical (unpaired) electrons. The Labute approximate surface area is 167 Å². The van der Waals surface area contributed by atoms with Crippen LogP contribution in [0.5, 0.6) is 0 Å². The second-order valence-electron chi connectivity index (χ2n) is 7.39. The quantitative estimate of drug-likeness (QED) is 0.743. The zero-order chi connectivity index (χ0) is 19.1. The van der Waals surface area contributed by atoms with Crippen molar-refractivity contribution >= 4 is 17.8 Å². The van der Waals surface area contributed by atoms with Gasteiger partial charge in [0.25, 0.3) is 5.56 Å². The maximum absolute atomic E-state index is 12.9. The maximum Gasteiger partial charge on any atom is 0.280 e. The molecule has 2 aliphatic rings. The molecule has 0 saturated carbocycles. The number of nitrogens with one attached hydrogen (secondary N) is 1. The first-order chi connectivity index (χ1) is 13.7. The number of likely N-dealkylation sites (tertiary alicyclic amines) is 1. The van der Waals surface area contributed by atoms with Crippen LogP contribution in [0.15, 0.2) is 58.6 Å². The summed E-state index contributed by atoms with van der Waals surface area (Å²) < 4.78 is 1.59. The van der Waals surface area contributed by atoms with E-state index in [1.165, 1.54) is 5.56 Å². The Morgan fingerprint density at radius 3 is 2.71 bits per heavy atom. The lowest BCUT2D eigenvalue weighted by molar-refractivity contribution is 0.181. The topological polar surface area (TPSA) is 66.3 Å². The molecule has 0 bridgehead atoms. The van der Waals surface area contributed by atoms with Crippen molar-refractivity contribution in [3.8, 4) is 5.69 Å². The summed E-state index contributed by atoms with van der Waals surface area (Å²) in [6.45, 7) is 2.75. The molecule has 2 unspecified atom stereocenters. The Balaban J connectivity index is 1.45.